The molecule has 42 valence electrons. The molecule has 0 aromatic rings. The fraction of sp³-hybridized carbons (Fsp3) is 1.00. The zero-order valence-corrected chi connectivity index (χ0v) is 5.64. The Hall–Kier alpha value is 0.0200. The summed E-state index contributed by atoms with van der Waals surface area (Å²) < 4.78 is 5.09. The fourth-order valence-corrected chi connectivity index (χ4v) is 0.537. The van der Waals surface area contributed by atoms with Gasteiger partial charge in [0.15, 0.2) is 0 Å². The van der Waals surface area contributed by atoms with Crippen LogP contribution in [-0.2, 0) is 0 Å². The molecule has 0 fully saturated rings. The highest BCUT2D eigenvalue weighted by molar-refractivity contribution is 7.36. The van der Waals surface area contributed by atoms with E-state index < -0.39 is 8.09 Å². The first-order valence-corrected chi connectivity index (χ1v) is 3.09. The first-order chi connectivity index (χ1) is 3.18. The zero-order chi connectivity index (χ0) is 5.86. The van der Waals surface area contributed by atoms with Crippen molar-refractivity contribution in [2.45, 2.75) is 0 Å². The molecule has 0 aliphatic rings. The molecule has 0 aliphatic heterocycles. The molecule has 0 bridgehead atoms. The van der Waals surface area contributed by atoms with Gasteiger partial charge >= 0.3 is 0 Å². The van der Waals surface area contributed by atoms with Crippen LogP contribution < -0.4 is 4.89 Å². The number of hydrogen-bond acceptors (Lipinski definition) is 2. The molecule has 0 rings (SSSR count). The van der Waals surface area contributed by atoms with Crippen molar-refractivity contribution < 1.29 is 4.89 Å². The molecule has 0 aromatic heterocycles. The highest BCUT2D eigenvalue weighted by atomic mass is 31.1. The average Bonchev–Trinajstić information content (AvgIpc) is 1.65. The SMILES string of the molecule is CN=[P+]([O-])N(C)C. The largest absolute Gasteiger partial charge is 0.595 e. The van der Waals surface area contributed by atoms with Gasteiger partial charge in [0.2, 0.25) is 0 Å². The Kier molecular flexibility index (Phi) is 3.09. The zero-order valence-electron chi connectivity index (χ0n) is 4.75. The minimum absolute atomic E-state index is 1.43. The van der Waals surface area contributed by atoms with Gasteiger partial charge in [0.25, 0.3) is 8.09 Å². The molecule has 0 radical (unpaired) electrons. The molecule has 0 aromatic carbocycles. The summed E-state index contributed by atoms with van der Waals surface area (Å²) in [6.07, 6.45) is 0. The first kappa shape index (κ1) is 7.02. The summed E-state index contributed by atoms with van der Waals surface area (Å²) in [5.74, 6) is 0. The van der Waals surface area contributed by atoms with E-state index in [0.29, 0.717) is 0 Å². The molecule has 0 aliphatic carbocycles. The van der Waals surface area contributed by atoms with Crippen LogP contribution in [0.4, 0.5) is 0 Å². The summed E-state index contributed by atoms with van der Waals surface area (Å²) >= 11 is 0. The number of hydrogen-bond donors (Lipinski definition) is 0. The predicted molar refractivity (Wildman–Crippen MR) is 29.0 cm³/mol. The highest BCUT2D eigenvalue weighted by Gasteiger charge is 1.96. The molecule has 3 nitrogen and oxygen atoms in total. The second-order valence-corrected chi connectivity index (χ2v) is 3.01. The van der Waals surface area contributed by atoms with Gasteiger partial charge in [0, 0.05) is 14.1 Å². The second-order valence-electron chi connectivity index (χ2n) is 1.30. The molecule has 0 heterocycles. The van der Waals surface area contributed by atoms with Crippen LogP contribution in [-0.4, -0.2) is 25.8 Å². The predicted octanol–water partition coefficient (Wildman–Crippen LogP) is 0.0336. The molecule has 0 amide bonds. The third kappa shape index (κ3) is 2.68. The smallest absolute Gasteiger partial charge is 0.263 e. The van der Waals surface area contributed by atoms with Crippen LogP contribution in [0.3, 0.4) is 0 Å². The number of nitrogens with zero attached hydrogens (tertiary/aromatic N) is 2. The van der Waals surface area contributed by atoms with E-state index in [9.17, 15) is 4.89 Å². The monoisotopic (exact) mass is 120 g/mol. The maximum atomic E-state index is 10.4. The van der Waals surface area contributed by atoms with Crippen molar-refractivity contribution in [3.63, 3.8) is 0 Å². The van der Waals surface area contributed by atoms with Gasteiger partial charge in [-0.3, -0.25) is 0 Å². The number of rotatable bonds is 1. The van der Waals surface area contributed by atoms with Gasteiger partial charge in [0.1, 0.15) is 0 Å². The van der Waals surface area contributed by atoms with Crippen LogP contribution in [0.1, 0.15) is 0 Å². The van der Waals surface area contributed by atoms with Crippen LogP contribution in [0.5, 0.6) is 0 Å². The van der Waals surface area contributed by atoms with E-state index in [1.165, 1.54) is 0 Å². The standard InChI is InChI=1S/C3H9N2OP/c1-4-7(6)5(2)3/h1-3H3. The van der Waals surface area contributed by atoms with E-state index in [1.807, 2.05) is 0 Å². The van der Waals surface area contributed by atoms with Gasteiger partial charge in [0.05, 0.1) is 7.05 Å². The highest BCUT2D eigenvalue weighted by Crippen LogP contribution is 2.13. The first-order valence-electron chi connectivity index (χ1n) is 1.92. The van der Waals surface area contributed by atoms with E-state index >= 15 is 0 Å². The van der Waals surface area contributed by atoms with E-state index in [-0.39, 0.29) is 0 Å². The van der Waals surface area contributed by atoms with Crippen molar-refractivity contribution in [2.75, 3.05) is 21.1 Å². The summed E-state index contributed by atoms with van der Waals surface area (Å²) in [5, 5.41) is 0. The maximum Gasteiger partial charge on any atom is 0.263 e. The van der Waals surface area contributed by atoms with Gasteiger partial charge in [-0.05, 0) is 0 Å². The van der Waals surface area contributed by atoms with Crippen LogP contribution in [0.2, 0.25) is 0 Å². The normalized spacial score (nSPS) is 13.0. The summed E-state index contributed by atoms with van der Waals surface area (Å²) in [6.45, 7) is 0. The van der Waals surface area contributed by atoms with E-state index in [2.05, 4.69) is 4.74 Å². The van der Waals surface area contributed by atoms with Crippen molar-refractivity contribution in [1.82, 2.24) is 4.67 Å². The van der Waals surface area contributed by atoms with E-state index in [0.717, 1.165) is 0 Å². The van der Waals surface area contributed by atoms with Crippen LogP contribution in [0.15, 0.2) is 4.74 Å². The topological polar surface area (TPSA) is 38.7 Å². The molecule has 4 heteroatoms. The Morgan fingerprint density at radius 2 is 2.00 bits per heavy atom. The van der Waals surface area contributed by atoms with Gasteiger partial charge in [-0.25, -0.2) is 0 Å². The molecule has 0 N–H and O–H groups in total. The summed E-state index contributed by atoms with van der Waals surface area (Å²) in [6, 6.07) is 0. The quantitative estimate of drug-likeness (QED) is 0.458. The lowest BCUT2D eigenvalue weighted by Crippen LogP contribution is -2.06. The minimum Gasteiger partial charge on any atom is -0.595 e. The van der Waals surface area contributed by atoms with Crippen molar-refractivity contribution in [3.8, 4) is 0 Å². The lowest BCUT2D eigenvalue weighted by molar-refractivity contribution is -0.164. The summed E-state index contributed by atoms with van der Waals surface area (Å²) in [4.78, 5) is 10.4. The van der Waals surface area contributed by atoms with Crippen LogP contribution >= 0.6 is 8.09 Å². The lowest BCUT2D eigenvalue weighted by Gasteiger charge is -1.98. The Balaban J connectivity index is 3.56. The minimum atomic E-state index is -1.43. The molecule has 0 saturated heterocycles. The van der Waals surface area contributed by atoms with Crippen molar-refractivity contribution in [2.24, 2.45) is 4.74 Å². The second kappa shape index (κ2) is 3.08. The lowest BCUT2D eigenvalue weighted by atomic mass is 11.3. The molecule has 0 saturated carbocycles. The molecule has 1 unspecified atom stereocenters. The molecule has 1 atom stereocenters. The van der Waals surface area contributed by atoms with Gasteiger partial charge in [-0.15, -0.1) is 4.67 Å². The summed E-state index contributed by atoms with van der Waals surface area (Å²) in [5.41, 5.74) is 0. The fourth-order valence-electron chi connectivity index (χ4n) is 0.179. The molecule has 0 spiro atoms. The van der Waals surface area contributed by atoms with Gasteiger partial charge in [-0.1, -0.05) is 4.74 Å². The Morgan fingerprint density at radius 3 is 2.00 bits per heavy atom. The third-order valence-corrected chi connectivity index (χ3v) is 1.54. The molecule has 7 heavy (non-hydrogen) atoms. The maximum absolute atomic E-state index is 10.4. The Labute approximate surface area is 44.6 Å². The Bertz CT molecular complexity index is 81.0. The van der Waals surface area contributed by atoms with Crippen LogP contribution in [0, 0.1) is 0 Å². The summed E-state index contributed by atoms with van der Waals surface area (Å²) in [7, 11) is 3.57. The van der Waals surface area contributed by atoms with Gasteiger partial charge < -0.3 is 4.89 Å². The van der Waals surface area contributed by atoms with E-state index in [1.54, 1.807) is 25.8 Å². The van der Waals surface area contributed by atoms with Crippen molar-refractivity contribution in [1.29, 1.82) is 0 Å². The van der Waals surface area contributed by atoms with E-state index in [4.69, 9.17) is 0 Å². The Morgan fingerprint density at radius 1 is 1.57 bits per heavy atom. The van der Waals surface area contributed by atoms with Crippen molar-refractivity contribution in [3.05, 3.63) is 0 Å². The van der Waals surface area contributed by atoms with Gasteiger partial charge in [-0.2, -0.15) is 0 Å². The molecular weight excluding hydrogens is 111 g/mol. The van der Waals surface area contributed by atoms with Crippen LogP contribution in [0.25, 0.3) is 0 Å². The average molecular weight is 120 g/mol. The van der Waals surface area contributed by atoms with Crippen molar-refractivity contribution >= 4 is 8.09 Å². The molecular formula is C3H9N2OP. The third-order valence-electron chi connectivity index (χ3n) is 0.513.